The highest BCUT2D eigenvalue weighted by Crippen LogP contribution is 2.46. The predicted molar refractivity (Wildman–Crippen MR) is 107 cm³/mol. The van der Waals surface area contributed by atoms with Gasteiger partial charge in [-0.3, -0.25) is 5.10 Å². The first kappa shape index (κ1) is 17.0. The van der Waals surface area contributed by atoms with E-state index in [0.29, 0.717) is 11.4 Å². The molecule has 3 N–H and O–H groups in total. The second kappa shape index (κ2) is 6.50. The minimum atomic E-state index is -0.517. The number of nitriles is 1. The topological polar surface area (TPSA) is 87.7 Å². The molecule has 0 unspecified atom stereocenters. The molecule has 4 aromatic rings. The van der Waals surface area contributed by atoms with Crippen LogP contribution in [0.5, 0.6) is 5.88 Å². The molecular weight excluding hydrogens is 367 g/mol. The number of nitrogens with one attached hydrogen (secondary N) is 1. The fourth-order valence-corrected chi connectivity index (χ4v) is 3.88. The number of hydrogen-bond acceptors (Lipinski definition) is 4. The van der Waals surface area contributed by atoms with Crippen molar-refractivity contribution in [3.8, 4) is 23.2 Å². The molecule has 1 aromatic heterocycles. The van der Waals surface area contributed by atoms with Crippen molar-refractivity contribution in [2.24, 2.45) is 5.73 Å². The highest BCUT2D eigenvalue weighted by atomic mass is 19.1. The molecular formula is C23H15FN4O. The fourth-order valence-electron chi connectivity index (χ4n) is 3.88. The van der Waals surface area contributed by atoms with Crippen molar-refractivity contribution in [1.82, 2.24) is 10.2 Å². The molecule has 0 saturated carbocycles. The van der Waals surface area contributed by atoms with Crippen molar-refractivity contribution in [2.75, 3.05) is 0 Å². The number of aromatic amines is 1. The van der Waals surface area contributed by atoms with E-state index in [1.807, 2.05) is 42.5 Å². The van der Waals surface area contributed by atoms with E-state index in [4.69, 9.17) is 10.5 Å². The van der Waals surface area contributed by atoms with Gasteiger partial charge in [0.05, 0.1) is 17.2 Å². The van der Waals surface area contributed by atoms with Gasteiger partial charge in [-0.2, -0.15) is 5.26 Å². The van der Waals surface area contributed by atoms with E-state index in [9.17, 15) is 9.65 Å². The number of halogens is 1. The average Bonchev–Trinajstić information content (AvgIpc) is 3.16. The molecule has 0 amide bonds. The number of ether oxygens (including phenoxy) is 1. The van der Waals surface area contributed by atoms with Crippen LogP contribution < -0.4 is 10.5 Å². The molecule has 5 nitrogen and oxygen atoms in total. The molecule has 0 radical (unpaired) electrons. The Kier molecular flexibility index (Phi) is 3.81. The van der Waals surface area contributed by atoms with Crippen molar-refractivity contribution in [2.45, 2.75) is 5.92 Å². The molecule has 1 aliphatic rings. The largest absolute Gasteiger partial charge is 0.420 e. The van der Waals surface area contributed by atoms with Gasteiger partial charge in [0, 0.05) is 5.56 Å². The Bertz CT molecular complexity index is 1310. The minimum absolute atomic E-state index is 0.00490. The first-order valence-electron chi connectivity index (χ1n) is 9.07. The predicted octanol–water partition coefficient (Wildman–Crippen LogP) is 4.59. The van der Waals surface area contributed by atoms with E-state index < -0.39 is 5.92 Å². The maximum atomic E-state index is 13.5. The van der Waals surface area contributed by atoms with E-state index >= 15 is 0 Å². The van der Waals surface area contributed by atoms with Gasteiger partial charge in [-0.05, 0) is 28.5 Å². The van der Waals surface area contributed by atoms with Gasteiger partial charge in [0.1, 0.15) is 17.5 Å². The van der Waals surface area contributed by atoms with Crippen LogP contribution in [0.2, 0.25) is 0 Å². The van der Waals surface area contributed by atoms with E-state index in [1.165, 1.54) is 12.1 Å². The number of aromatic nitrogens is 2. The lowest BCUT2D eigenvalue weighted by atomic mass is 9.82. The molecule has 2 heterocycles. The molecule has 0 bridgehead atoms. The molecule has 29 heavy (non-hydrogen) atoms. The van der Waals surface area contributed by atoms with Gasteiger partial charge in [-0.15, -0.1) is 5.10 Å². The zero-order chi connectivity index (χ0) is 20.0. The lowest BCUT2D eigenvalue weighted by Gasteiger charge is -2.24. The number of hydrogen-bond donors (Lipinski definition) is 2. The molecule has 1 aliphatic heterocycles. The summed E-state index contributed by atoms with van der Waals surface area (Å²) in [6.45, 7) is 0. The smallest absolute Gasteiger partial charge is 0.244 e. The summed E-state index contributed by atoms with van der Waals surface area (Å²) in [6, 6.07) is 22.2. The molecule has 0 spiro atoms. The summed E-state index contributed by atoms with van der Waals surface area (Å²) in [4.78, 5) is 0. The third kappa shape index (κ3) is 2.64. The Hall–Kier alpha value is -4.11. The quantitative estimate of drug-likeness (QED) is 0.531. The monoisotopic (exact) mass is 382 g/mol. The molecule has 3 aromatic carbocycles. The number of benzene rings is 3. The summed E-state index contributed by atoms with van der Waals surface area (Å²) >= 11 is 0. The zero-order valence-corrected chi connectivity index (χ0v) is 15.2. The van der Waals surface area contributed by atoms with Crippen LogP contribution in [0.25, 0.3) is 22.0 Å². The zero-order valence-electron chi connectivity index (χ0n) is 15.2. The Labute approximate surface area is 165 Å². The summed E-state index contributed by atoms with van der Waals surface area (Å²) in [7, 11) is 0. The normalized spacial score (nSPS) is 15.7. The van der Waals surface area contributed by atoms with Crippen LogP contribution in [0.4, 0.5) is 4.39 Å². The van der Waals surface area contributed by atoms with Crippen LogP contribution in [-0.2, 0) is 0 Å². The summed E-state index contributed by atoms with van der Waals surface area (Å²) < 4.78 is 19.2. The third-order valence-corrected chi connectivity index (χ3v) is 5.20. The number of rotatable bonds is 2. The van der Waals surface area contributed by atoms with Crippen LogP contribution >= 0.6 is 0 Å². The molecule has 1 atom stereocenters. The summed E-state index contributed by atoms with van der Waals surface area (Å²) in [6.07, 6.45) is 0. The number of nitrogens with two attached hydrogens (primary N) is 1. The highest BCUT2D eigenvalue weighted by molar-refractivity contribution is 5.97. The van der Waals surface area contributed by atoms with Crippen LogP contribution in [0.1, 0.15) is 17.0 Å². The third-order valence-electron chi connectivity index (χ3n) is 5.20. The van der Waals surface area contributed by atoms with Gasteiger partial charge in [-0.1, -0.05) is 54.6 Å². The van der Waals surface area contributed by atoms with E-state index in [2.05, 4.69) is 16.3 Å². The van der Waals surface area contributed by atoms with E-state index in [1.54, 1.807) is 12.1 Å². The second-order valence-corrected chi connectivity index (χ2v) is 6.82. The molecule has 0 fully saturated rings. The Morgan fingerprint density at radius 1 is 1.03 bits per heavy atom. The highest BCUT2D eigenvalue weighted by Gasteiger charge is 2.35. The van der Waals surface area contributed by atoms with Gasteiger partial charge in [-0.25, -0.2) is 4.39 Å². The van der Waals surface area contributed by atoms with E-state index in [0.717, 1.165) is 27.6 Å². The molecule has 140 valence electrons. The summed E-state index contributed by atoms with van der Waals surface area (Å²) in [5.74, 6) is -0.543. The number of fused-ring (bicyclic) bond motifs is 2. The molecule has 6 heteroatoms. The van der Waals surface area contributed by atoms with Crippen molar-refractivity contribution < 1.29 is 9.13 Å². The Balaban J connectivity index is 1.78. The first-order valence-corrected chi connectivity index (χ1v) is 9.07. The average molecular weight is 382 g/mol. The van der Waals surface area contributed by atoms with Gasteiger partial charge in [0.25, 0.3) is 0 Å². The van der Waals surface area contributed by atoms with Crippen molar-refractivity contribution in [1.29, 1.82) is 5.26 Å². The van der Waals surface area contributed by atoms with E-state index in [-0.39, 0.29) is 17.3 Å². The van der Waals surface area contributed by atoms with Crippen molar-refractivity contribution in [3.05, 3.63) is 95.1 Å². The number of H-pyrrole nitrogens is 1. The number of nitrogens with zero attached hydrogens (tertiary/aromatic N) is 2. The molecule has 0 aliphatic carbocycles. The maximum absolute atomic E-state index is 13.5. The van der Waals surface area contributed by atoms with Crippen LogP contribution in [0, 0.1) is 17.1 Å². The Morgan fingerprint density at radius 2 is 1.79 bits per heavy atom. The van der Waals surface area contributed by atoms with Gasteiger partial charge in [0.2, 0.25) is 11.8 Å². The van der Waals surface area contributed by atoms with Gasteiger partial charge in [0.15, 0.2) is 0 Å². The number of allylic oxidation sites excluding steroid dienone is 1. The van der Waals surface area contributed by atoms with Crippen LogP contribution in [-0.4, -0.2) is 10.2 Å². The maximum Gasteiger partial charge on any atom is 0.244 e. The molecule has 5 rings (SSSR count). The van der Waals surface area contributed by atoms with Crippen molar-refractivity contribution >= 4 is 10.8 Å². The fraction of sp³-hybridized carbons (Fsp3) is 0.0435. The van der Waals surface area contributed by atoms with Gasteiger partial charge < -0.3 is 10.5 Å². The second-order valence-electron chi connectivity index (χ2n) is 6.82. The Morgan fingerprint density at radius 3 is 2.59 bits per heavy atom. The summed E-state index contributed by atoms with van der Waals surface area (Å²) in [5.41, 5.74) is 9.40. The SMILES string of the molecule is N#CC1=C(N)Oc2n[nH]c(-c3cccc4ccccc34)c2[C@H]1c1ccc(F)cc1. The van der Waals surface area contributed by atoms with Crippen LogP contribution in [0.15, 0.2) is 78.2 Å². The van der Waals surface area contributed by atoms with Crippen molar-refractivity contribution in [3.63, 3.8) is 0 Å². The minimum Gasteiger partial charge on any atom is -0.420 e. The van der Waals surface area contributed by atoms with Crippen LogP contribution in [0.3, 0.4) is 0 Å². The lowest BCUT2D eigenvalue weighted by molar-refractivity contribution is 0.379. The standard InChI is InChI=1S/C23H15FN4O/c24-15-10-8-14(9-11-15)19-18(12-25)22(26)29-23-20(19)21(27-28-23)17-7-3-5-13-4-1-2-6-16(13)17/h1-11,19H,26H2,(H,27,28)/t19-/m0/s1. The summed E-state index contributed by atoms with van der Waals surface area (Å²) in [5, 5.41) is 19.3. The van der Waals surface area contributed by atoms with Gasteiger partial charge >= 0.3 is 0 Å². The lowest BCUT2D eigenvalue weighted by Crippen LogP contribution is -2.21. The first-order chi connectivity index (χ1) is 14.2. The molecule has 0 saturated heterocycles.